The molecule has 0 radical (unpaired) electrons. The summed E-state index contributed by atoms with van der Waals surface area (Å²) >= 11 is 1.34. The van der Waals surface area contributed by atoms with Gasteiger partial charge in [0.25, 0.3) is 5.56 Å². The zero-order valence-corrected chi connectivity index (χ0v) is 23.1. The summed E-state index contributed by atoms with van der Waals surface area (Å²) in [4.78, 5) is 36.3. The Balaban J connectivity index is 1.84. The third-order valence-electron chi connectivity index (χ3n) is 6.56. The minimum atomic E-state index is -0.612. The number of allylic oxidation sites excluding steroid dienone is 1. The molecule has 0 aliphatic carbocycles. The summed E-state index contributed by atoms with van der Waals surface area (Å²) in [6.45, 7) is 9.96. The Morgan fingerprint density at radius 3 is 2.22 bits per heavy atom. The highest BCUT2D eigenvalue weighted by Crippen LogP contribution is 2.31. The highest BCUT2D eigenvalue weighted by molar-refractivity contribution is 7.07. The highest BCUT2D eigenvalue weighted by Gasteiger charge is 2.33. The number of hydrogen-bond donors (Lipinski definition) is 0. The van der Waals surface area contributed by atoms with Crippen LogP contribution in [0.2, 0.25) is 0 Å². The number of rotatable bonds is 8. The molecule has 0 N–H and O–H groups in total. The summed E-state index contributed by atoms with van der Waals surface area (Å²) < 4.78 is 7.58. The third kappa shape index (κ3) is 5.25. The fraction of sp³-hybridized carbons (Fsp3) is 0.345. The summed E-state index contributed by atoms with van der Waals surface area (Å²) in [5.41, 5.74) is 4.74. The van der Waals surface area contributed by atoms with Crippen LogP contribution in [-0.2, 0) is 9.53 Å². The average molecular weight is 519 g/mol. The van der Waals surface area contributed by atoms with Crippen molar-refractivity contribution < 1.29 is 9.53 Å². The van der Waals surface area contributed by atoms with Gasteiger partial charge in [-0.2, -0.15) is 0 Å². The average Bonchev–Trinajstić information content (AvgIpc) is 3.19. The molecule has 2 heterocycles. The number of thiazole rings is 1. The molecule has 1 aliphatic heterocycles. The van der Waals surface area contributed by atoms with Gasteiger partial charge in [-0.05, 0) is 69.2 Å². The van der Waals surface area contributed by atoms with Crippen LogP contribution in [0.5, 0.6) is 0 Å². The lowest BCUT2D eigenvalue weighted by atomic mass is 9.95. The van der Waals surface area contributed by atoms with Gasteiger partial charge >= 0.3 is 5.97 Å². The number of fused-ring (bicyclic) bond motifs is 1. The first-order valence-electron chi connectivity index (χ1n) is 12.6. The molecule has 8 heteroatoms. The quantitative estimate of drug-likeness (QED) is 0.426. The lowest BCUT2D eigenvalue weighted by Crippen LogP contribution is -2.39. The van der Waals surface area contributed by atoms with E-state index in [9.17, 15) is 9.59 Å². The van der Waals surface area contributed by atoms with E-state index in [2.05, 4.69) is 35.9 Å². The minimum absolute atomic E-state index is 0.174. The molecule has 1 atom stereocenters. The van der Waals surface area contributed by atoms with Crippen LogP contribution in [0.15, 0.2) is 69.6 Å². The van der Waals surface area contributed by atoms with Crippen LogP contribution in [0.1, 0.15) is 44.9 Å². The molecule has 0 bridgehead atoms. The van der Waals surface area contributed by atoms with Gasteiger partial charge in [0.05, 0.1) is 28.5 Å². The topological polar surface area (TPSA) is 67.1 Å². The largest absolute Gasteiger partial charge is 0.463 e. The number of ether oxygens (including phenoxy) is 1. The van der Waals surface area contributed by atoms with Crippen molar-refractivity contribution >= 4 is 34.8 Å². The van der Waals surface area contributed by atoms with Crippen molar-refractivity contribution in [2.75, 3.05) is 43.6 Å². The van der Waals surface area contributed by atoms with Crippen molar-refractivity contribution in [3.05, 3.63) is 90.6 Å². The summed E-state index contributed by atoms with van der Waals surface area (Å²) in [5.74, 6) is -0.452. The first kappa shape index (κ1) is 26.4. The molecule has 0 saturated carbocycles. The standard InChI is InChI=1S/C29H34N4O3S/c1-7-32(8-2)23-14-10-20(11-15-23)18-24-27(34)33-26(21-12-16-22(17-13-21)31(5)6)25(28(35)36-9-3)19(4)30-29(33)37-24/h10-18,26H,7-9H2,1-6H3/t26-/m0/s1. The molecule has 1 aromatic heterocycles. The van der Waals surface area contributed by atoms with E-state index in [4.69, 9.17) is 4.74 Å². The predicted octanol–water partition coefficient (Wildman–Crippen LogP) is 3.71. The molecule has 0 spiro atoms. The number of anilines is 2. The Labute approximate surface area is 221 Å². The van der Waals surface area contributed by atoms with Crippen molar-refractivity contribution in [1.82, 2.24) is 4.57 Å². The lowest BCUT2D eigenvalue weighted by Gasteiger charge is -2.25. The Kier molecular flexibility index (Phi) is 7.97. The van der Waals surface area contributed by atoms with Gasteiger partial charge in [-0.25, -0.2) is 9.79 Å². The molecule has 0 amide bonds. The number of carbonyl (C=O) groups is 1. The molecular weight excluding hydrogens is 484 g/mol. The maximum absolute atomic E-state index is 13.8. The predicted molar refractivity (Wildman–Crippen MR) is 151 cm³/mol. The summed E-state index contributed by atoms with van der Waals surface area (Å²) in [7, 11) is 3.95. The SMILES string of the molecule is CCOC(=O)C1=C(C)N=c2sc(=Cc3ccc(N(CC)CC)cc3)c(=O)n2[C@H]1c1ccc(N(C)C)cc1. The molecule has 0 unspecified atom stereocenters. The van der Waals surface area contributed by atoms with Crippen LogP contribution >= 0.6 is 11.3 Å². The molecule has 7 nitrogen and oxygen atoms in total. The Bertz CT molecular complexity index is 1480. The Hall–Kier alpha value is -3.65. The molecule has 194 valence electrons. The van der Waals surface area contributed by atoms with Crippen molar-refractivity contribution in [2.24, 2.45) is 4.99 Å². The zero-order valence-electron chi connectivity index (χ0n) is 22.3. The third-order valence-corrected chi connectivity index (χ3v) is 7.54. The molecule has 3 aromatic rings. The monoisotopic (exact) mass is 518 g/mol. The van der Waals surface area contributed by atoms with Gasteiger partial charge in [-0.3, -0.25) is 9.36 Å². The van der Waals surface area contributed by atoms with Crippen molar-refractivity contribution in [1.29, 1.82) is 0 Å². The van der Waals surface area contributed by atoms with Gasteiger partial charge in [0.2, 0.25) is 0 Å². The smallest absolute Gasteiger partial charge is 0.338 e. The molecule has 4 rings (SSSR count). The van der Waals surface area contributed by atoms with Gasteiger partial charge in [0, 0.05) is 38.6 Å². The lowest BCUT2D eigenvalue weighted by molar-refractivity contribution is -0.139. The maximum atomic E-state index is 13.8. The fourth-order valence-corrected chi connectivity index (χ4v) is 5.63. The van der Waals surface area contributed by atoms with E-state index >= 15 is 0 Å². The maximum Gasteiger partial charge on any atom is 0.338 e. The minimum Gasteiger partial charge on any atom is -0.463 e. The van der Waals surface area contributed by atoms with E-state index in [1.54, 1.807) is 18.4 Å². The van der Waals surface area contributed by atoms with Gasteiger partial charge in [0.1, 0.15) is 0 Å². The number of esters is 1. The Morgan fingerprint density at radius 1 is 1.03 bits per heavy atom. The molecule has 0 fully saturated rings. The molecule has 2 aromatic carbocycles. The van der Waals surface area contributed by atoms with Gasteiger partial charge < -0.3 is 14.5 Å². The number of benzene rings is 2. The summed E-state index contributed by atoms with van der Waals surface area (Å²) in [6, 6.07) is 15.5. The normalized spacial score (nSPS) is 15.3. The first-order valence-corrected chi connectivity index (χ1v) is 13.4. The highest BCUT2D eigenvalue weighted by atomic mass is 32.1. The second kappa shape index (κ2) is 11.2. The first-order chi connectivity index (χ1) is 17.8. The van der Waals surface area contributed by atoms with E-state index in [1.807, 2.05) is 61.5 Å². The zero-order chi connectivity index (χ0) is 26.7. The van der Waals surface area contributed by atoms with Crippen LogP contribution in [-0.4, -0.2) is 44.3 Å². The second-order valence-electron chi connectivity index (χ2n) is 9.05. The summed E-state index contributed by atoms with van der Waals surface area (Å²) in [6.07, 6.45) is 1.89. The number of nitrogens with zero attached hydrogens (tertiary/aromatic N) is 4. The molecular formula is C29H34N4O3S. The van der Waals surface area contributed by atoms with Gasteiger partial charge in [0.15, 0.2) is 4.80 Å². The molecule has 37 heavy (non-hydrogen) atoms. The van der Waals surface area contributed by atoms with E-state index in [-0.39, 0.29) is 12.2 Å². The van der Waals surface area contributed by atoms with Crippen LogP contribution in [0.4, 0.5) is 11.4 Å². The summed E-state index contributed by atoms with van der Waals surface area (Å²) in [5, 5.41) is 0. The number of carbonyl (C=O) groups excluding carboxylic acids is 1. The van der Waals surface area contributed by atoms with Crippen LogP contribution < -0.4 is 24.7 Å². The fourth-order valence-electron chi connectivity index (χ4n) is 4.58. The van der Waals surface area contributed by atoms with Crippen molar-refractivity contribution in [3.63, 3.8) is 0 Å². The van der Waals surface area contributed by atoms with Crippen molar-refractivity contribution in [3.8, 4) is 0 Å². The molecule has 0 saturated heterocycles. The van der Waals surface area contributed by atoms with Gasteiger partial charge in [-0.15, -0.1) is 0 Å². The van der Waals surface area contributed by atoms with Crippen LogP contribution in [0.3, 0.4) is 0 Å². The van der Waals surface area contributed by atoms with Crippen LogP contribution in [0.25, 0.3) is 6.08 Å². The molecule has 1 aliphatic rings. The van der Waals surface area contributed by atoms with E-state index in [1.165, 1.54) is 11.3 Å². The van der Waals surface area contributed by atoms with Gasteiger partial charge in [-0.1, -0.05) is 35.6 Å². The number of aromatic nitrogens is 1. The van der Waals surface area contributed by atoms with Crippen molar-refractivity contribution in [2.45, 2.75) is 33.7 Å². The Morgan fingerprint density at radius 2 is 1.65 bits per heavy atom. The van der Waals surface area contributed by atoms with E-state index in [0.29, 0.717) is 20.6 Å². The second-order valence-corrected chi connectivity index (χ2v) is 10.1. The van der Waals surface area contributed by atoms with E-state index < -0.39 is 12.0 Å². The van der Waals surface area contributed by atoms with Crippen LogP contribution in [0, 0.1) is 0 Å². The number of hydrogen-bond acceptors (Lipinski definition) is 7. The van der Waals surface area contributed by atoms with E-state index in [0.717, 1.165) is 35.6 Å².